The van der Waals surface area contributed by atoms with Crippen molar-refractivity contribution < 1.29 is 13.2 Å². The summed E-state index contributed by atoms with van der Waals surface area (Å²) in [5.41, 5.74) is 7.19. The highest BCUT2D eigenvalue weighted by Crippen LogP contribution is 2.20. The van der Waals surface area contributed by atoms with E-state index in [0.29, 0.717) is 16.5 Å². The van der Waals surface area contributed by atoms with Crippen LogP contribution in [0.5, 0.6) is 0 Å². The smallest absolute Gasteiger partial charge is 0.238 e. The number of amides is 1. The van der Waals surface area contributed by atoms with Gasteiger partial charge in [-0.2, -0.15) is 0 Å². The normalized spacial score (nSPS) is 11.3. The average Bonchev–Trinajstić information content (AvgIpc) is 2.76. The van der Waals surface area contributed by atoms with Crippen LogP contribution in [0.4, 0.5) is 10.8 Å². The summed E-state index contributed by atoms with van der Waals surface area (Å²) in [6.45, 7) is 1.75. The highest BCUT2D eigenvalue weighted by atomic mass is 32.2. The lowest BCUT2D eigenvalue weighted by Gasteiger charge is -2.09. The topological polar surface area (TPSA) is 128 Å². The van der Waals surface area contributed by atoms with E-state index in [9.17, 15) is 13.2 Å². The summed E-state index contributed by atoms with van der Waals surface area (Å²) in [6.07, 6.45) is 0.0622. The molecule has 1 aromatic carbocycles. The third-order valence-corrected chi connectivity index (χ3v) is 4.36. The van der Waals surface area contributed by atoms with E-state index in [0.717, 1.165) is 5.56 Å². The number of aromatic nitrogens is 1. The Morgan fingerprint density at radius 1 is 1.43 bits per heavy atom. The molecule has 0 bridgehead atoms. The molecular formula is C12H14N4O3S2. The number of benzene rings is 1. The molecule has 9 heteroatoms. The number of aryl methyl sites for hydroxylation is 1. The van der Waals surface area contributed by atoms with Gasteiger partial charge in [0.15, 0.2) is 5.13 Å². The zero-order valence-corrected chi connectivity index (χ0v) is 12.8. The third-order valence-electron chi connectivity index (χ3n) is 2.72. The second kappa shape index (κ2) is 5.80. The number of carbonyl (C=O) groups excluding carboxylic acids is 1. The number of hydrogen-bond acceptors (Lipinski definition) is 6. The number of thiazole rings is 1. The number of carbonyl (C=O) groups is 1. The lowest BCUT2D eigenvalue weighted by molar-refractivity contribution is -0.115. The molecule has 0 unspecified atom stereocenters. The molecule has 1 aromatic heterocycles. The van der Waals surface area contributed by atoms with Crippen LogP contribution < -0.4 is 16.2 Å². The molecule has 0 fully saturated rings. The van der Waals surface area contributed by atoms with Crippen LogP contribution in [0.2, 0.25) is 0 Å². The van der Waals surface area contributed by atoms with Crippen molar-refractivity contribution in [3.63, 3.8) is 0 Å². The molecule has 0 aliphatic carbocycles. The molecule has 112 valence electrons. The molecule has 2 rings (SSSR count). The van der Waals surface area contributed by atoms with Crippen LogP contribution in [0.25, 0.3) is 0 Å². The number of nitrogens with zero attached hydrogens (tertiary/aromatic N) is 1. The van der Waals surface area contributed by atoms with Gasteiger partial charge in [0.2, 0.25) is 15.9 Å². The van der Waals surface area contributed by atoms with Crippen molar-refractivity contribution in [2.45, 2.75) is 18.2 Å². The standard InChI is InChI=1S/C12H14N4O3S2/c1-7-2-3-9(21(14,18)19)5-10(7)16-11(17)4-8-6-20-12(13)15-8/h2-3,5-6H,4H2,1H3,(H2,13,15)(H,16,17)(H2,14,18,19). The summed E-state index contributed by atoms with van der Waals surface area (Å²) in [5.74, 6) is -0.310. The largest absolute Gasteiger partial charge is 0.375 e. The van der Waals surface area contributed by atoms with Gasteiger partial charge in [0.25, 0.3) is 0 Å². The van der Waals surface area contributed by atoms with E-state index in [1.54, 1.807) is 18.4 Å². The van der Waals surface area contributed by atoms with Gasteiger partial charge in [0.1, 0.15) is 0 Å². The summed E-state index contributed by atoms with van der Waals surface area (Å²) >= 11 is 1.25. The minimum atomic E-state index is -3.81. The second-order valence-electron chi connectivity index (χ2n) is 4.42. The van der Waals surface area contributed by atoms with E-state index in [-0.39, 0.29) is 17.2 Å². The monoisotopic (exact) mass is 326 g/mol. The maximum absolute atomic E-state index is 11.9. The number of nitrogens with one attached hydrogen (secondary N) is 1. The Balaban J connectivity index is 2.17. The Hall–Kier alpha value is -1.97. The number of sulfonamides is 1. The first-order valence-electron chi connectivity index (χ1n) is 5.89. The first-order chi connectivity index (χ1) is 9.75. The SMILES string of the molecule is Cc1ccc(S(N)(=O)=O)cc1NC(=O)Cc1csc(N)n1. The zero-order chi connectivity index (χ0) is 15.6. The first kappa shape index (κ1) is 15.4. The Bertz CT molecular complexity index is 784. The Kier molecular flexibility index (Phi) is 4.26. The van der Waals surface area contributed by atoms with Crippen LogP contribution in [-0.2, 0) is 21.2 Å². The predicted octanol–water partition coefficient (Wildman–Crippen LogP) is 0.862. The van der Waals surface area contributed by atoms with Crippen molar-refractivity contribution in [2.24, 2.45) is 5.14 Å². The molecule has 0 spiro atoms. The molecule has 0 radical (unpaired) electrons. The molecule has 7 nitrogen and oxygen atoms in total. The van der Waals surface area contributed by atoms with E-state index < -0.39 is 10.0 Å². The highest BCUT2D eigenvalue weighted by Gasteiger charge is 2.13. The molecule has 0 saturated carbocycles. The second-order valence-corrected chi connectivity index (χ2v) is 6.87. The molecule has 0 saturated heterocycles. The van der Waals surface area contributed by atoms with Gasteiger partial charge in [-0.05, 0) is 24.6 Å². The molecule has 2 aromatic rings. The van der Waals surface area contributed by atoms with Gasteiger partial charge >= 0.3 is 0 Å². The lowest BCUT2D eigenvalue weighted by atomic mass is 10.2. The maximum Gasteiger partial charge on any atom is 0.238 e. The number of rotatable bonds is 4. The Morgan fingerprint density at radius 2 is 2.14 bits per heavy atom. The minimum Gasteiger partial charge on any atom is -0.375 e. The van der Waals surface area contributed by atoms with Crippen LogP contribution in [0.15, 0.2) is 28.5 Å². The van der Waals surface area contributed by atoms with Crippen molar-refractivity contribution >= 4 is 38.1 Å². The van der Waals surface area contributed by atoms with E-state index in [4.69, 9.17) is 10.9 Å². The van der Waals surface area contributed by atoms with Gasteiger partial charge in [0.05, 0.1) is 17.0 Å². The number of nitrogens with two attached hydrogens (primary N) is 2. The van der Waals surface area contributed by atoms with Gasteiger partial charge in [-0.25, -0.2) is 18.5 Å². The van der Waals surface area contributed by atoms with E-state index in [1.165, 1.54) is 23.5 Å². The third kappa shape index (κ3) is 4.00. The van der Waals surface area contributed by atoms with Crippen molar-refractivity contribution in [1.82, 2.24) is 4.98 Å². The van der Waals surface area contributed by atoms with Gasteiger partial charge in [-0.15, -0.1) is 11.3 Å². The Morgan fingerprint density at radius 3 is 2.71 bits per heavy atom. The van der Waals surface area contributed by atoms with E-state index in [2.05, 4.69) is 10.3 Å². The number of primary sulfonamides is 1. The highest BCUT2D eigenvalue weighted by molar-refractivity contribution is 7.89. The molecule has 0 atom stereocenters. The fraction of sp³-hybridized carbons (Fsp3) is 0.167. The number of nitrogen functional groups attached to an aromatic ring is 1. The van der Waals surface area contributed by atoms with Crippen molar-refractivity contribution in [2.75, 3.05) is 11.1 Å². The Labute approximate surface area is 126 Å². The maximum atomic E-state index is 11.9. The molecule has 0 aliphatic rings. The van der Waals surface area contributed by atoms with Crippen LogP contribution in [-0.4, -0.2) is 19.3 Å². The molecular weight excluding hydrogens is 312 g/mol. The fourth-order valence-corrected chi connectivity index (χ4v) is 2.78. The molecule has 21 heavy (non-hydrogen) atoms. The average molecular weight is 326 g/mol. The first-order valence-corrected chi connectivity index (χ1v) is 8.31. The number of anilines is 2. The van der Waals surface area contributed by atoms with Gasteiger partial charge < -0.3 is 11.1 Å². The fourth-order valence-electron chi connectivity index (χ4n) is 1.68. The van der Waals surface area contributed by atoms with Crippen LogP contribution in [0, 0.1) is 6.92 Å². The minimum absolute atomic E-state index is 0.0543. The van der Waals surface area contributed by atoms with Gasteiger partial charge in [0, 0.05) is 11.1 Å². The van der Waals surface area contributed by atoms with Crippen LogP contribution >= 0.6 is 11.3 Å². The molecule has 0 aliphatic heterocycles. The van der Waals surface area contributed by atoms with Crippen molar-refractivity contribution in [3.8, 4) is 0 Å². The van der Waals surface area contributed by atoms with Crippen LogP contribution in [0.1, 0.15) is 11.3 Å². The van der Waals surface area contributed by atoms with Crippen molar-refractivity contribution in [3.05, 3.63) is 34.8 Å². The quantitative estimate of drug-likeness (QED) is 0.767. The van der Waals surface area contributed by atoms with Gasteiger partial charge in [-0.3, -0.25) is 4.79 Å². The summed E-state index contributed by atoms with van der Waals surface area (Å²) in [5, 5.41) is 9.81. The lowest BCUT2D eigenvalue weighted by Crippen LogP contribution is -2.17. The molecule has 5 N–H and O–H groups in total. The summed E-state index contributed by atoms with van der Waals surface area (Å²) in [7, 11) is -3.81. The van der Waals surface area contributed by atoms with Crippen LogP contribution in [0.3, 0.4) is 0 Å². The van der Waals surface area contributed by atoms with E-state index >= 15 is 0 Å². The summed E-state index contributed by atoms with van der Waals surface area (Å²) < 4.78 is 22.6. The molecule has 1 amide bonds. The zero-order valence-electron chi connectivity index (χ0n) is 11.2. The molecule has 1 heterocycles. The van der Waals surface area contributed by atoms with Gasteiger partial charge in [-0.1, -0.05) is 6.07 Å². The predicted molar refractivity (Wildman–Crippen MR) is 81.4 cm³/mol. The summed E-state index contributed by atoms with van der Waals surface area (Å²) in [6, 6.07) is 4.30. The van der Waals surface area contributed by atoms with E-state index in [1.807, 2.05) is 0 Å². The number of hydrogen-bond donors (Lipinski definition) is 3. The van der Waals surface area contributed by atoms with Crippen molar-refractivity contribution in [1.29, 1.82) is 0 Å². The summed E-state index contributed by atoms with van der Waals surface area (Å²) in [4.78, 5) is 15.9.